The first kappa shape index (κ1) is 14.4. The maximum absolute atomic E-state index is 13.2. The van der Waals surface area contributed by atoms with E-state index in [1.807, 2.05) is 6.92 Å². The van der Waals surface area contributed by atoms with Crippen molar-refractivity contribution in [2.45, 2.75) is 19.4 Å². The van der Waals surface area contributed by atoms with Gasteiger partial charge in [-0.05, 0) is 76.9 Å². The van der Waals surface area contributed by atoms with E-state index in [4.69, 9.17) is 5.73 Å². The van der Waals surface area contributed by atoms with Crippen LogP contribution in [0.5, 0.6) is 0 Å². The number of aryl methyl sites for hydroxylation is 1. The molecule has 0 aliphatic carbocycles. The molecule has 2 aromatic rings. The molecular weight excluding hydrogens is 359 g/mol. The third-order valence-electron chi connectivity index (χ3n) is 3.11. The van der Waals surface area contributed by atoms with Gasteiger partial charge in [0, 0.05) is 9.61 Å². The van der Waals surface area contributed by atoms with E-state index in [1.54, 1.807) is 12.1 Å². The Bertz CT molecular complexity index is 599. The summed E-state index contributed by atoms with van der Waals surface area (Å²) in [6.07, 6.45) is 0.533. The van der Waals surface area contributed by atoms with E-state index in [2.05, 4.69) is 22.6 Å². The van der Waals surface area contributed by atoms with Crippen LogP contribution in [0, 0.1) is 22.1 Å². The van der Waals surface area contributed by atoms with Crippen LogP contribution < -0.4 is 5.73 Å². The van der Waals surface area contributed by atoms with Gasteiger partial charge in [-0.25, -0.2) is 8.78 Å². The predicted molar refractivity (Wildman–Crippen MR) is 80.9 cm³/mol. The molecule has 1 nitrogen and oxygen atoms in total. The predicted octanol–water partition coefficient (Wildman–Crippen LogP) is 4.12. The van der Waals surface area contributed by atoms with Gasteiger partial charge in [-0.2, -0.15) is 0 Å². The van der Waals surface area contributed by atoms with Crippen LogP contribution in [0.25, 0.3) is 0 Å². The average Bonchev–Trinajstić information content (AvgIpc) is 2.33. The number of hydrogen-bond donors (Lipinski definition) is 1. The molecule has 0 fully saturated rings. The van der Waals surface area contributed by atoms with Gasteiger partial charge in [0.1, 0.15) is 11.6 Å². The zero-order valence-electron chi connectivity index (χ0n) is 10.5. The molecule has 0 bridgehead atoms. The molecule has 1 unspecified atom stereocenters. The van der Waals surface area contributed by atoms with Crippen LogP contribution >= 0.6 is 22.6 Å². The lowest BCUT2D eigenvalue weighted by Crippen LogP contribution is -2.15. The van der Waals surface area contributed by atoms with Gasteiger partial charge in [0.2, 0.25) is 0 Å². The van der Waals surface area contributed by atoms with E-state index in [-0.39, 0.29) is 17.7 Å². The number of halogens is 3. The lowest BCUT2D eigenvalue weighted by atomic mass is 9.97. The van der Waals surface area contributed by atoms with Gasteiger partial charge in [0.05, 0.1) is 0 Å². The Morgan fingerprint density at radius 1 is 1.11 bits per heavy atom. The summed E-state index contributed by atoms with van der Waals surface area (Å²) in [5.41, 5.74) is 8.92. The van der Waals surface area contributed by atoms with Gasteiger partial charge in [0.15, 0.2) is 0 Å². The minimum absolute atomic E-state index is 0.262. The molecule has 2 aromatic carbocycles. The topological polar surface area (TPSA) is 26.0 Å². The van der Waals surface area contributed by atoms with Crippen molar-refractivity contribution >= 4 is 22.6 Å². The molecule has 0 saturated carbocycles. The van der Waals surface area contributed by atoms with Crippen LogP contribution in [0.2, 0.25) is 0 Å². The normalized spacial score (nSPS) is 12.5. The number of benzene rings is 2. The lowest BCUT2D eigenvalue weighted by Gasteiger charge is -2.15. The quantitative estimate of drug-likeness (QED) is 0.805. The summed E-state index contributed by atoms with van der Waals surface area (Å²) in [5, 5.41) is 0. The molecule has 0 aromatic heterocycles. The summed E-state index contributed by atoms with van der Waals surface area (Å²) < 4.78 is 27.1. The van der Waals surface area contributed by atoms with Crippen molar-refractivity contribution in [3.63, 3.8) is 0 Å². The Kier molecular flexibility index (Phi) is 4.52. The SMILES string of the molecule is Cc1ccc(F)cc1CC(N)c1ccc(F)cc1I. The van der Waals surface area contributed by atoms with Crippen molar-refractivity contribution < 1.29 is 8.78 Å². The van der Waals surface area contributed by atoms with Gasteiger partial charge in [-0.15, -0.1) is 0 Å². The van der Waals surface area contributed by atoms with Crippen LogP contribution in [-0.2, 0) is 6.42 Å². The van der Waals surface area contributed by atoms with Crippen molar-refractivity contribution in [3.05, 3.63) is 68.3 Å². The minimum atomic E-state index is -0.276. The van der Waals surface area contributed by atoms with E-state index >= 15 is 0 Å². The van der Waals surface area contributed by atoms with Crippen LogP contribution in [-0.4, -0.2) is 0 Å². The summed E-state index contributed by atoms with van der Waals surface area (Å²) in [5.74, 6) is -0.538. The maximum atomic E-state index is 13.2. The molecule has 19 heavy (non-hydrogen) atoms. The van der Waals surface area contributed by atoms with Gasteiger partial charge in [-0.3, -0.25) is 0 Å². The highest BCUT2D eigenvalue weighted by Crippen LogP contribution is 2.24. The fraction of sp³-hybridized carbons (Fsp3) is 0.200. The van der Waals surface area contributed by atoms with Crippen molar-refractivity contribution in [2.24, 2.45) is 5.73 Å². The van der Waals surface area contributed by atoms with E-state index in [9.17, 15) is 8.78 Å². The van der Waals surface area contributed by atoms with E-state index in [1.165, 1.54) is 24.3 Å². The Morgan fingerprint density at radius 3 is 2.42 bits per heavy atom. The number of nitrogens with two attached hydrogens (primary N) is 1. The standard InChI is InChI=1S/C15H14F2IN/c1-9-2-3-11(16)6-10(9)7-15(19)13-5-4-12(17)8-14(13)18/h2-6,8,15H,7,19H2,1H3. The molecule has 0 radical (unpaired) electrons. The Hall–Kier alpha value is -1.01. The first-order chi connectivity index (χ1) is 8.97. The smallest absolute Gasteiger partial charge is 0.124 e. The third kappa shape index (κ3) is 3.51. The number of rotatable bonds is 3. The number of hydrogen-bond acceptors (Lipinski definition) is 1. The summed E-state index contributed by atoms with van der Waals surface area (Å²) in [7, 11) is 0. The molecule has 0 aliphatic rings. The summed E-state index contributed by atoms with van der Waals surface area (Å²) in [6.45, 7) is 1.93. The van der Waals surface area contributed by atoms with Crippen molar-refractivity contribution in [1.29, 1.82) is 0 Å². The van der Waals surface area contributed by atoms with Crippen molar-refractivity contribution in [1.82, 2.24) is 0 Å². The molecule has 0 amide bonds. The molecule has 0 aliphatic heterocycles. The second-order valence-electron chi connectivity index (χ2n) is 4.55. The molecule has 1 atom stereocenters. The monoisotopic (exact) mass is 373 g/mol. The Morgan fingerprint density at radius 2 is 1.74 bits per heavy atom. The highest BCUT2D eigenvalue weighted by atomic mass is 127. The molecule has 0 spiro atoms. The molecule has 0 saturated heterocycles. The van der Waals surface area contributed by atoms with Gasteiger partial charge >= 0.3 is 0 Å². The maximum Gasteiger partial charge on any atom is 0.124 e. The average molecular weight is 373 g/mol. The summed E-state index contributed by atoms with van der Waals surface area (Å²) in [6, 6.07) is 8.96. The summed E-state index contributed by atoms with van der Waals surface area (Å²) >= 11 is 2.07. The lowest BCUT2D eigenvalue weighted by molar-refractivity contribution is 0.617. The largest absolute Gasteiger partial charge is 0.324 e. The van der Waals surface area contributed by atoms with Crippen LogP contribution in [0.15, 0.2) is 36.4 Å². The highest BCUT2D eigenvalue weighted by Gasteiger charge is 2.13. The molecular formula is C15H14F2IN. The summed E-state index contributed by atoms with van der Waals surface area (Å²) in [4.78, 5) is 0. The van der Waals surface area contributed by atoms with Crippen LogP contribution in [0.3, 0.4) is 0 Å². The molecule has 0 heterocycles. The van der Waals surface area contributed by atoms with Crippen molar-refractivity contribution in [3.8, 4) is 0 Å². The van der Waals surface area contributed by atoms with E-state index in [0.717, 1.165) is 20.3 Å². The second kappa shape index (κ2) is 5.96. The molecule has 2 rings (SSSR count). The molecule has 100 valence electrons. The first-order valence-electron chi connectivity index (χ1n) is 5.93. The van der Waals surface area contributed by atoms with Gasteiger partial charge < -0.3 is 5.73 Å². The van der Waals surface area contributed by atoms with E-state index in [0.29, 0.717) is 6.42 Å². The second-order valence-corrected chi connectivity index (χ2v) is 5.71. The van der Waals surface area contributed by atoms with E-state index < -0.39 is 0 Å². The molecule has 4 heteroatoms. The van der Waals surface area contributed by atoms with Crippen LogP contribution in [0.4, 0.5) is 8.78 Å². The zero-order valence-corrected chi connectivity index (χ0v) is 12.6. The van der Waals surface area contributed by atoms with Gasteiger partial charge in [0.25, 0.3) is 0 Å². The van der Waals surface area contributed by atoms with Crippen molar-refractivity contribution in [2.75, 3.05) is 0 Å². The first-order valence-corrected chi connectivity index (χ1v) is 7.01. The minimum Gasteiger partial charge on any atom is -0.324 e. The molecule has 2 N–H and O–H groups in total. The zero-order chi connectivity index (χ0) is 14.0. The fourth-order valence-electron chi connectivity index (χ4n) is 2.01. The third-order valence-corrected chi connectivity index (χ3v) is 4.05. The fourth-order valence-corrected chi connectivity index (χ4v) is 2.89. The van der Waals surface area contributed by atoms with Gasteiger partial charge in [-0.1, -0.05) is 12.1 Å². The Labute approximate surface area is 125 Å². The Balaban J connectivity index is 2.25. The van der Waals surface area contributed by atoms with Crippen LogP contribution in [0.1, 0.15) is 22.7 Å². The highest BCUT2D eigenvalue weighted by molar-refractivity contribution is 14.1.